The van der Waals surface area contributed by atoms with Gasteiger partial charge in [0, 0.05) is 23.5 Å². The quantitative estimate of drug-likeness (QED) is 0.692. The average Bonchev–Trinajstić information content (AvgIpc) is 3.07. The van der Waals surface area contributed by atoms with Crippen molar-refractivity contribution in [1.82, 2.24) is 9.55 Å². The third-order valence-corrected chi connectivity index (χ3v) is 6.58. The molecule has 2 aromatic heterocycles. The molecule has 0 fully saturated rings. The van der Waals surface area contributed by atoms with Crippen LogP contribution in [-0.2, 0) is 24.2 Å². The normalized spacial score (nSPS) is 13.7. The summed E-state index contributed by atoms with van der Waals surface area (Å²) in [5.41, 5.74) is 3.19. The first-order valence-corrected chi connectivity index (χ1v) is 10.7. The Morgan fingerprint density at radius 3 is 2.71 bits per heavy atom. The monoisotopic (exact) mass is 395 g/mol. The van der Waals surface area contributed by atoms with Crippen molar-refractivity contribution in [2.45, 2.75) is 58.4 Å². The summed E-state index contributed by atoms with van der Waals surface area (Å²) in [5, 5.41) is 3.68. The zero-order chi connectivity index (χ0) is 19.7. The van der Waals surface area contributed by atoms with Gasteiger partial charge in [0.05, 0.1) is 11.7 Å². The lowest BCUT2D eigenvalue weighted by molar-refractivity contribution is -0.116. The Balaban J connectivity index is 1.45. The maximum absolute atomic E-state index is 12.9. The molecule has 2 heterocycles. The minimum atomic E-state index is -0.100. The first-order valence-electron chi connectivity index (χ1n) is 9.92. The minimum absolute atomic E-state index is 0.0153. The molecule has 3 aromatic rings. The predicted octanol–water partition coefficient (Wildman–Crippen LogP) is 4.49. The molecule has 0 radical (unpaired) electrons. The maximum Gasteiger partial charge on any atom is 0.262 e. The van der Waals surface area contributed by atoms with Gasteiger partial charge < -0.3 is 5.32 Å². The van der Waals surface area contributed by atoms with Crippen LogP contribution in [0.5, 0.6) is 0 Å². The van der Waals surface area contributed by atoms with E-state index < -0.39 is 0 Å². The van der Waals surface area contributed by atoms with Gasteiger partial charge in [0.25, 0.3) is 5.56 Å². The fourth-order valence-electron chi connectivity index (χ4n) is 3.74. The van der Waals surface area contributed by atoms with E-state index in [2.05, 4.69) is 24.1 Å². The Hall–Kier alpha value is -2.47. The molecular weight excluding hydrogens is 370 g/mol. The predicted molar refractivity (Wildman–Crippen MR) is 114 cm³/mol. The van der Waals surface area contributed by atoms with Gasteiger partial charge in [-0.2, -0.15) is 0 Å². The van der Waals surface area contributed by atoms with E-state index >= 15 is 0 Å². The molecular formula is C22H25N3O2S. The number of rotatable bonds is 5. The van der Waals surface area contributed by atoms with Crippen molar-refractivity contribution in [3.8, 4) is 0 Å². The third-order valence-electron chi connectivity index (χ3n) is 5.38. The largest absolute Gasteiger partial charge is 0.326 e. The second kappa shape index (κ2) is 7.87. The summed E-state index contributed by atoms with van der Waals surface area (Å²) >= 11 is 1.65. The van der Waals surface area contributed by atoms with Gasteiger partial charge in [-0.1, -0.05) is 26.0 Å². The molecule has 0 saturated carbocycles. The molecule has 1 aromatic carbocycles. The van der Waals surface area contributed by atoms with Gasteiger partial charge in [-0.25, -0.2) is 4.98 Å². The number of carbonyl (C=O) groups excluding carboxylic acids is 1. The lowest BCUT2D eigenvalue weighted by Crippen LogP contribution is -2.24. The van der Waals surface area contributed by atoms with Crippen LogP contribution in [0.4, 0.5) is 5.69 Å². The second-order valence-corrected chi connectivity index (χ2v) is 8.79. The number of thiophene rings is 1. The van der Waals surface area contributed by atoms with E-state index in [9.17, 15) is 9.59 Å². The van der Waals surface area contributed by atoms with E-state index in [1.54, 1.807) is 22.2 Å². The SMILES string of the molecule is CC(C)c1ccc(NC(=O)CCn2cnc3sc4c(c3c2=O)CCCC4)cc1. The molecule has 1 N–H and O–H groups in total. The fourth-order valence-corrected chi connectivity index (χ4v) is 4.96. The van der Waals surface area contributed by atoms with Crippen LogP contribution in [0.2, 0.25) is 0 Å². The molecule has 1 aliphatic carbocycles. The van der Waals surface area contributed by atoms with Crippen LogP contribution in [0.3, 0.4) is 0 Å². The van der Waals surface area contributed by atoms with Gasteiger partial charge in [-0.05, 0) is 54.9 Å². The van der Waals surface area contributed by atoms with Crippen LogP contribution in [0, 0.1) is 0 Å². The van der Waals surface area contributed by atoms with Crippen molar-refractivity contribution in [3.05, 3.63) is 57.0 Å². The molecule has 0 atom stereocenters. The van der Waals surface area contributed by atoms with E-state index in [1.165, 1.54) is 22.4 Å². The van der Waals surface area contributed by atoms with Crippen LogP contribution in [0.15, 0.2) is 35.4 Å². The second-order valence-electron chi connectivity index (χ2n) is 7.71. The summed E-state index contributed by atoms with van der Waals surface area (Å²) in [5.74, 6) is 0.360. The van der Waals surface area contributed by atoms with Crippen LogP contribution < -0.4 is 10.9 Å². The van der Waals surface area contributed by atoms with Crippen molar-refractivity contribution in [3.63, 3.8) is 0 Å². The number of anilines is 1. The first-order chi connectivity index (χ1) is 13.5. The summed E-state index contributed by atoms with van der Waals surface area (Å²) in [6.07, 6.45) is 6.15. The summed E-state index contributed by atoms with van der Waals surface area (Å²) < 4.78 is 1.57. The Morgan fingerprint density at radius 2 is 1.96 bits per heavy atom. The van der Waals surface area contributed by atoms with Crippen LogP contribution >= 0.6 is 11.3 Å². The molecule has 5 nitrogen and oxygen atoms in total. The third kappa shape index (κ3) is 3.74. The Morgan fingerprint density at radius 1 is 1.21 bits per heavy atom. The van der Waals surface area contributed by atoms with Gasteiger partial charge in [-0.3, -0.25) is 14.2 Å². The van der Waals surface area contributed by atoms with Gasteiger partial charge >= 0.3 is 0 Å². The number of nitrogens with zero attached hydrogens (tertiary/aromatic N) is 2. The lowest BCUT2D eigenvalue weighted by atomic mass is 9.97. The highest BCUT2D eigenvalue weighted by atomic mass is 32.1. The highest BCUT2D eigenvalue weighted by Crippen LogP contribution is 2.33. The van der Waals surface area contributed by atoms with E-state index in [4.69, 9.17) is 0 Å². The van der Waals surface area contributed by atoms with Crippen LogP contribution in [0.25, 0.3) is 10.2 Å². The molecule has 6 heteroatoms. The number of aryl methyl sites for hydroxylation is 3. The standard InChI is InChI=1S/C22H25N3O2S/c1-14(2)15-7-9-16(10-8-15)24-19(26)11-12-25-13-23-21-20(22(25)27)17-5-3-4-6-18(17)28-21/h7-10,13-14H,3-6,11-12H2,1-2H3,(H,24,26). The van der Waals surface area contributed by atoms with E-state index in [0.29, 0.717) is 12.5 Å². The number of aromatic nitrogens is 2. The number of hydrogen-bond acceptors (Lipinski definition) is 4. The summed E-state index contributed by atoms with van der Waals surface area (Å²) in [4.78, 5) is 31.9. The summed E-state index contributed by atoms with van der Waals surface area (Å²) in [6.45, 7) is 4.61. The van der Waals surface area contributed by atoms with Crippen molar-refractivity contribution >= 4 is 33.1 Å². The van der Waals surface area contributed by atoms with E-state index in [-0.39, 0.29) is 17.9 Å². The molecule has 28 heavy (non-hydrogen) atoms. The van der Waals surface area contributed by atoms with Crippen molar-refractivity contribution in [1.29, 1.82) is 0 Å². The van der Waals surface area contributed by atoms with Gasteiger partial charge in [0.2, 0.25) is 5.91 Å². The van der Waals surface area contributed by atoms with Gasteiger partial charge in [0.15, 0.2) is 0 Å². The van der Waals surface area contributed by atoms with Crippen molar-refractivity contribution in [2.24, 2.45) is 0 Å². The molecule has 0 aliphatic heterocycles. The Kier molecular flexibility index (Phi) is 5.31. The number of hydrogen-bond donors (Lipinski definition) is 1. The number of nitrogens with one attached hydrogen (secondary N) is 1. The fraction of sp³-hybridized carbons (Fsp3) is 0.409. The van der Waals surface area contributed by atoms with Crippen molar-refractivity contribution in [2.75, 3.05) is 5.32 Å². The number of carbonyl (C=O) groups is 1. The van der Waals surface area contributed by atoms with E-state index in [1.807, 2.05) is 24.3 Å². The smallest absolute Gasteiger partial charge is 0.262 e. The Bertz CT molecular complexity index is 1060. The highest BCUT2D eigenvalue weighted by Gasteiger charge is 2.20. The molecule has 0 unspecified atom stereocenters. The molecule has 0 bridgehead atoms. The van der Waals surface area contributed by atoms with Gasteiger partial charge in [0.1, 0.15) is 4.83 Å². The molecule has 1 amide bonds. The molecule has 1 aliphatic rings. The zero-order valence-corrected chi connectivity index (χ0v) is 17.1. The topological polar surface area (TPSA) is 64.0 Å². The lowest BCUT2D eigenvalue weighted by Gasteiger charge is -2.11. The average molecular weight is 396 g/mol. The van der Waals surface area contributed by atoms with Crippen molar-refractivity contribution < 1.29 is 4.79 Å². The number of fused-ring (bicyclic) bond motifs is 3. The number of benzene rings is 1. The number of amides is 1. The molecule has 146 valence electrons. The van der Waals surface area contributed by atoms with Crippen LogP contribution in [0.1, 0.15) is 55.0 Å². The van der Waals surface area contributed by atoms with E-state index in [0.717, 1.165) is 35.2 Å². The summed E-state index contributed by atoms with van der Waals surface area (Å²) in [7, 11) is 0. The zero-order valence-electron chi connectivity index (χ0n) is 16.3. The molecule has 0 spiro atoms. The van der Waals surface area contributed by atoms with Gasteiger partial charge in [-0.15, -0.1) is 11.3 Å². The van der Waals surface area contributed by atoms with Crippen LogP contribution in [-0.4, -0.2) is 15.5 Å². The highest BCUT2D eigenvalue weighted by molar-refractivity contribution is 7.18. The minimum Gasteiger partial charge on any atom is -0.326 e. The summed E-state index contributed by atoms with van der Waals surface area (Å²) in [6, 6.07) is 7.90. The first kappa shape index (κ1) is 18.9. The Labute approximate surface area is 168 Å². The molecule has 4 rings (SSSR count). The molecule has 0 saturated heterocycles. The maximum atomic E-state index is 12.9.